The Labute approximate surface area is 130 Å². The van der Waals surface area contributed by atoms with Gasteiger partial charge >= 0.3 is 0 Å². The van der Waals surface area contributed by atoms with Gasteiger partial charge in [-0.2, -0.15) is 0 Å². The topological polar surface area (TPSA) is 72.4 Å². The first-order valence-electron chi connectivity index (χ1n) is 7.54. The molecule has 1 atom stereocenters. The molecule has 1 amide bonds. The Kier molecular flexibility index (Phi) is 3.74. The summed E-state index contributed by atoms with van der Waals surface area (Å²) in [4.78, 5) is 14.4. The lowest BCUT2D eigenvalue weighted by Crippen LogP contribution is -2.53. The summed E-state index contributed by atoms with van der Waals surface area (Å²) in [5.74, 6) is 0.166. The predicted octanol–water partition coefficient (Wildman–Crippen LogP) is 2.54. The predicted molar refractivity (Wildman–Crippen MR) is 84.2 cm³/mol. The van der Waals surface area contributed by atoms with Crippen LogP contribution in [0.4, 0.5) is 0 Å². The van der Waals surface area contributed by atoms with Gasteiger partial charge < -0.3 is 15.2 Å². The molecule has 5 nitrogen and oxygen atoms in total. The third-order valence-corrected chi connectivity index (χ3v) is 4.39. The second-order valence-electron chi connectivity index (χ2n) is 6.55. The van der Waals surface area contributed by atoms with Crippen LogP contribution in [0.2, 0.25) is 0 Å². The van der Waals surface area contributed by atoms with Gasteiger partial charge in [-0.15, -0.1) is 0 Å². The first kappa shape index (κ1) is 14.8. The Bertz CT molecular complexity index is 664. The van der Waals surface area contributed by atoms with Crippen LogP contribution in [0.3, 0.4) is 0 Å². The average molecular weight is 299 g/mol. The highest BCUT2D eigenvalue weighted by molar-refractivity contribution is 5.92. The Morgan fingerprint density at radius 3 is 2.77 bits per heavy atom. The first-order chi connectivity index (χ1) is 10.5. The van der Waals surface area contributed by atoms with E-state index in [0.717, 1.165) is 12.0 Å². The minimum absolute atomic E-state index is 0.0871. The van der Waals surface area contributed by atoms with Crippen molar-refractivity contribution in [1.29, 1.82) is 0 Å². The number of hydrogen-bond acceptors (Lipinski definition) is 4. The third-order valence-electron chi connectivity index (χ3n) is 4.39. The fourth-order valence-corrected chi connectivity index (χ4v) is 2.82. The molecule has 5 heteroatoms. The van der Waals surface area contributed by atoms with E-state index in [1.807, 2.05) is 30.3 Å². The standard InChI is InChI=1S/C17H21N3O2/c1-17(2)11-20(9-8-15(17)18)16(21)14-10-13(19-22-14)12-6-4-3-5-7-12/h3-7,10,15H,8-9,11,18H2,1-2H3. The molecule has 0 radical (unpaired) electrons. The Hall–Kier alpha value is -2.14. The van der Waals surface area contributed by atoms with Gasteiger partial charge in [0.15, 0.2) is 0 Å². The van der Waals surface area contributed by atoms with Gasteiger partial charge in [0, 0.05) is 30.8 Å². The van der Waals surface area contributed by atoms with Crippen molar-refractivity contribution >= 4 is 5.91 Å². The number of benzene rings is 1. The maximum absolute atomic E-state index is 12.6. The Morgan fingerprint density at radius 2 is 2.09 bits per heavy atom. The number of carbonyl (C=O) groups is 1. The van der Waals surface area contributed by atoms with Crippen molar-refractivity contribution in [3.63, 3.8) is 0 Å². The second-order valence-corrected chi connectivity index (χ2v) is 6.55. The molecule has 116 valence electrons. The maximum atomic E-state index is 12.6. The smallest absolute Gasteiger partial charge is 0.292 e. The van der Waals surface area contributed by atoms with Crippen LogP contribution in [-0.4, -0.2) is 35.1 Å². The number of rotatable bonds is 2. The second kappa shape index (κ2) is 5.57. The summed E-state index contributed by atoms with van der Waals surface area (Å²) in [7, 11) is 0. The minimum atomic E-state index is -0.116. The molecule has 0 bridgehead atoms. The molecule has 1 saturated heterocycles. The highest BCUT2D eigenvalue weighted by atomic mass is 16.5. The normalized spacial score (nSPS) is 20.9. The summed E-state index contributed by atoms with van der Waals surface area (Å²) in [5, 5.41) is 4.01. The molecule has 2 heterocycles. The third kappa shape index (κ3) is 2.76. The van der Waals surface area contributed by atoms with Crippen molar-refractivity contribution in [3.8, 4) is 11.3 Å². The summed E-state index contributed by atoms with van der Waals surface area (Å²) in [6, 6.07) is 11.5. The van der Waals surface area contributed by atoms with Crippen molar-refractivity contribution in [2.24, 2.45) is 11.1 Å². The number of nitrogens with zero attached hydrogens (tertiary/aromatic N) is 2. The molecule has 1 unspecified atom stereocenters. The zero-order valence-corrected chi connectivity index (χ0v) is 13.0. The van der Waals surface area contributed by atoms with Crippen molar-refractivity contribution in [2.45, 2.75) is 26.3 Å². The van der Waals surface area contributed by atoms with Crippen LogP contribution >= 0.6 is 0 Å². The molecule has 0 saturated carbocycles. The molecule has 1 aliphatic rings. The van der Waals surface area contributed by atoms with Gasteiger partial charge in [-0.05, 0) is 11.8 Å². The molecule has 2 aromatic rings. The van der Waals surface area contributed by atoms with Gasteiger partial charge in [0.2, 0.25) is 5.76 Å². The molecule has 22 heavy (non-hydrogen) atoms. The molecule has 1 aromatic heterocycles. The fraction of sp³-hybridized carbons (Fsp3) is 0.412. The lowest BCUT2D eigenvalue weighted by atomic mass is 9.79. The van der Waals surface area contributed by atoms with Crippen molar-refractivity contribution < 1.29 is 9.32 Å². The molecular formula is C17H21N3O2. The van der Waals surface area contributed by atoms with Gasteiger partial charge in [-0.3, -0.25) is 4.79 Å². The number of likely N-dealkylation sites (tertiary alicyclic amines) is 1. The van der Waals surface area contributed by atoms with E-state index in [1.54, 1.807) is 11.0 Å². The molecule has 0 aliphatic carbocycles. The Morgan fingerprint density at radius 1 is 1.36 bits per heavy atom. The van der Waals surface area contributed by atoms with Gasteiger partial charge in [-0.25, -0.2) is 0 Å². The summed E-state index contributed by atoms with van der Waals surface area (Å²) < 4.78 is 5.26. The van der Waals surface area contributed by atoms with E-state index < -0.39 is 0 Å². The van der Waals surface area contributed by atoms with Crippen LogP contribution in [-0.2, 0) is 0 Å². The highest BCUT2D eigenvalue weighted by Gasteiger charge is 2.36. The highest BCUT2D eigenvalue weighted by Crippen LogP contribution is 2.29. The van der Waals surface area contributed by atoms with Crippen LogP contribution in [0, 0.1) is 5.41 Å². The van der Waals surface area contributed by atoms with Gasteiger partial charge in [0.05, 0.1) is 0 Å². The van der Waals surface area contributed by atoms with Gasteiger partial charge in [-0.1, -0.05) is 49.3 Å². The fourth-order valence-electron chi connectivity index (χ4n) is 2.82. The van der Waals surface area contributed by atoms with E-state index in [0.29, 0.717) is 18.8 Å². The van der Waals surface area contributed by atoms with E-state index >= 15 is 0 Å². The van der Waals surface area contributed by atoms with E-state index in [-0.39, 0.29) is 23.1 Å². The summed E-state index contributed by atoms with van der Waals surface area (Å²) in [6.45, 7) is 5.47. The monoisotopic (exact) mass is 299 g/mol. The number of piperidine rings is 1. The van der Waals surface area contributed by atoms with Crippen LogP contribution in [0.1, 0.15) is 30.8 Å². The number of nitrogens with two attached hydrogens (primary N) is 1. The van der Waals surface area contributed by atoms with Crippen LogP contribution in [0.25, 0.3) is 11.3 Å². The zero-order valence-electron chi connectivity index (χ0n) is 13.0. The molecular weight excluding hydrogens is 278 g/mol. The number of hydrogen-bond donors (Lipinski definition) is 1. The van der Waals surface area contributed by atoms with Crippen molar-refractivity contribution in [1.82, 2.24) is 10.1 Å². The number of amides is 1. The number of aromatic nitrogens is 1. The summed E-state index contributed by atoms with van der Waals surface area (Å²) in [6.07, 6.45) is 0.804. The molecule has 1 fully saturated rings. The van der Waals surface area contributed by atoms with Crippen LogP contribution in [0.5, 0.6) is 0 Å². The Balaban J connectivity index is 1.78. The zero-order chi connectivity index (χ0) is 15.7. The lowest BCUT2D eigenvalue weighted by Gasteiger charge is -2.42. The lowest BCUT2D eigenvalue weighted by molar-refractivity contribution is 0.0495. The van der Waals surface area contributed by atoms with Gasteiger partial charge in [0.25, 0.3) is 5.91 Å². The van der Waals surface area contributed by atoms with Crippen molar-refractivity contribution in [3.05, 3.63) is 42.2 Å². The van der Waals surface area contributed by atoms with E-state index in [2.05, 4.69) is 19.0 Å². The molecule has 1 aromatic carbocycles. The minimum Gasteiger partial charge on any atom is -0.350 e. The van der Waals surface area contributed by atoms with E-state index in [9.17, 15) is 4.79 Å². The molecule has 0 spiro atoms. The first-order valence-corrected chi connectivity index (χ1v) is 7.54. The SMILES string of the molecule is CC1(C)CN(C(=O)c2cc(-c3ccccc3)no2)CCC1N. The average Bonchev–Trinajstić information content (AvgIpc) is 3.00. The van der Waals surface area contributed by atoms with Crippen LogP contribution < -0.4 is 5.73 Å². The summed E-state index contributed by atoms with van der Waals surface area (Å²) in [5.41, 5.74) is 7.65. The summed E-state index contributed by atoms with van der Waals surface area (Å²) >= 11 is 0. The molecule has 3 rings (SSSR count). The molecule has 1 aliphatic heterocycles. The number of carbonyl (C=O) groups excluding carboxylic acids is 1. The van der Waals surface area contributed by atoms with E-state index in [4.69, 9.17) is 10.3 Å². The van der Waals surface area contributed by atoms with Crippen molar-refractivity contribution in [2.75, 3.05) is 13.1 Å². The molecule has 2 N–H and O–H groups in total. The quantitative estimate of drug-likeness (QED) is 0.925. The van der Waals surface area contributed by atoms with E-state index in [1.165, 1.54) is 0 Å². The largest absolute Gasteiger partial charge is 0.350 e. The van der Waals surface area contributed by atoms with Crippen LogP contribution in [0.15, 0.2) is 40.9 Å². The van der Waals surface area contributed by atoms with Gasteiger partial charge in [0.1, 0.15) is 5.69 Å². The maximum Gasteiger partial charge on any atom is 0.292 e.